The topological polar surface area (TPSA) is 135 Å². The summed E-state index contributed by atoms with van der Waals surface area (Å²) in [4.78, 5) is 11.6. The van der Waals surface area contributed by atoms with E-state index in [0.717, 1.165) is 11.1 Å². The molecule has 0 aromatic heterocycles. The zero-order valence-corrected chi connectivity index (χ0v) is 16.5. The van der Waals surface area contributed by atoms with Gasteiger partial charge in [0.25, 0.3) is 0 Å². The summed E-state index contributed by atoms with van der Waals surface area (Å²) in [6.45, 7) is -0.553. The fourth-order valence-electron chi connectivity index (χ4n) is 3.15. The third-order valence-corrected chi connectivity index (χ3v) is 4.89. The van der Waals surface area contributed by atoms with Gasteiger partial charge in [0.2, 0.25) is 6.29 Å². The van der Waals surface area contributed by atoms with Crippen LogP contribution in [0.2, 0.25) is 0 Å². The van der Waals surface area contributed by atoms with Crippen molar-refractivity contribution in [3.05, 3.63) is 48.0 Å². The van der Waals surface area contributed by atoms with Gasteiger partial charge in [-0.1, -0.05) is 18.2 Å². The molecule has 0 saturated carbocycles. The first-order chi connectivity index (χ1) is 14.4. The number of hydrogen-bond acceptors (Lipinski definition) is 9. The van der Waals surface area contributed by atoms with Crippen molar-refractivity contribution in [2.45, 2.75) is 30.7 Å². The molecule has 1 aliphatic heterocycles. The van der Waals surface area contributed by atoms with Gasteiger partial charge in [0.05, 0.1) is 26.4 Å². The van der Waals surface area contributed by atoms with Crippen molar-refractivity contribution in [1.82, 2.24) is 0 Å². The Hall–Kier alpha value is -2.69. The quantitative estimate of drug-likeness (QED) is 0.488. The van der Waals surface area contributed by atoms with Gasteiger partial charge < -0.3 is 39.4 Å². The van der Waals surface area contributed by atoms with Crippen molar-refractivity contribution < 1.29 is 44.2 Å². The molecule has 0 radical (unpaired) electrons. The summed E-state index contributed by atoms with van der Waals surface area (Å²) in [5.41, 5.74) is 2.03. The summed E-state index contributed by atoms with van der Waals surface area (Å²) >= 11 is 0. The van der Waals surface area contributed by atoms with E-state index in [1.165, 1.54) is 14.2 Å². The van der Waals surface area contributed by atoms with Crippen LogP contribution in [0.3, 0.4) is 0 Å². The van der Waals surface area contributed by atoms with E-state index in [1.54, 1.807) is 42.5 Å². The van der Waals surface area contributed by atoms with Gasteiger partial charge in [0.15, 0.2) is 11.5 Å². The largest absolute Gasteiger partial charge is 0.493 e. The Morgan fingerprint density at radius 3 is 2.20 bits per heavy atom. The second-order valence-corrected chi connectivity index (χ2v) is 6.75. The molecule has 2 aromatic rings. The molecule has 30 heavy (non-hydrogen) atoms. The van der Waals surface area contributed by atoms with Crippen LogP contribution in [-0.4, -0.2) is 77.9 Å². The van der Waals surface area contributed by atoms with Crippen LogP contribution in [0.1, 0.15) is 10.4 Å². The fourth-order valence-corrected chi connectivity index (χ4v) is 3.15. The van der Waals surface area contributed by atoms with Gasteiger partial charge in [-0.3, -0.25) is 0 Å². The Morgan fingerprint density at radius 1 is 0.933 bits per heavy atom. The molecule has 1 aliphatic rings. The third kappa shape index (κ3) is 4.40. The molecule has 4 N–H and O–H groups in total. The maximum Gasteiger partial charge on any atom is 0.337 e. The zero-order valence-electron chi connectivity index (χ0n) is 16.5. The molecule has 9 heteroatoms. The number of methoxy groups -OCH3 is 2. The fraction of sp³-hybridized carbons (Fsp3) is 0.381. The molecule has 2 unspecified atom stereocenters. The Balaban J connectivity index is 1.81. The van der Waals surface area contributed by atoms with E-state index in [9.17, 15) is 25.2 Å². The molecule has 0 aliphatic carbocycles. The number of hydrogen-bond donors (Lipinski definition) is 4. The van der Waals surface area contributed by atoms with E-state index >= 15 is 0 Å². The summed E-state index contributed by atoms with van der Waals surface area (Å²) in [5.74, 6) is 0.140. The van der Waals surface area contributed by atoms with Crippen LogP contribution in [0, 0.1) is 0 Å². The average molecular weight is 420 g/mol. The van der Waals surface area contributed by atoms with Gasteiger partial charge in [-0.25, -0.2) is 4.79 Å². The van der Waals surface area contributed by atoms with Gasteiger partial charge >= 0.3 is 5.97 Å². The van der Waals surface area contributed by atoms with Crippen LogP contribution < -0.4 is 9.47 Å². The van der Waals surface area contributed by atoms with E-state index in [0.29, 0.717) is 11.3 Å². The predicted molar refractivity (Wildman–Crippen MR) is 104 cm³/mol. The number of ether oxygens (including phenoxy) is 4. The van der Waals surface area contributed by atoms with Crippen molar-refractivity contribution in [2.24, 2.45) is 0 Å². The molecule has 1 fully saturated rings. The first kappa shape index (κ1) is 22.0. The van der Waals surface area contributed by atoms with E-state index in [4.69, 9.17) is 14.2 Å². The van der Waals surface area contributed by atoms with Crippen molar-refractivity contribution in [3.8, 4) is 22.6 Å². The number of rotatable bonds is 6. The van der Waals surface area contributed by atoms with E-state index in [1.807, 2.05) is 0 Å². The molecule has 1 saturated heterocycles. The second-order valence-electron chi connectivity index (χ2n) is 6.75. The van der Waals surface area contributed by atoms with Crippen molar-refractivity contribution >= 4 is 5.97 Å². The monoisotopic (exact) mass is 420 g/mol. The summed E-state index contributed by atoms with van der Waals surface area (Å²) < 4.78 is 21.1. The Bertz CT molecular complexity index is 865. The minimum atomic E-state index is -1.54. The zero-order chi connectivity index (χ0) is 21.8. The minimum Gasteiger partial charge on any atom is -0.493 e. The van der Waals surface area contributed by atoms with Crippen LogP contribution in [0.4, 0.5) is 0 Å². The van der Waals surface area contributed by atoms with Crippen molar-refractivity contribution in [3.63, 3.8) is 0 Å². The van der Waals surface area contributed by atoms with Crippen LogP contribution in [-0.2, 0) is 9.47 Å². The van der Waals surface area contributed by atoms with Gasteiger partial charge in [-0.05, 0) is 35.4 Å². The van der Waals surface area contributed by atoms with E-state index < -0.39 is 43.3 Å². The lowest BCUT2D eigenvalue weighted by Gasteiger charge is -2.39. The van der Waals surface area contributed by atoms with Crippen LogP contribution in [0.5, 0.6) is 11.5 Å². The van der Waals surface area contributed by atoms with Gasteiger partial charge in [-0.2, -0.15) is 0 Å². The lowest BCUT2D eigenvalue weighted by molar-refractivity contribution is -0.277. The molecule has 162 valence electrons. The molecular formula is C21H24O9. The number of aliphatic hydroxyl groups excluding tert-OH is 4. The van der Waals surface area contributed by atoms with Gasteiger partial charge in [-0.15, -0.1) is 0 Å². The highest BCUT2D eigenvalue weighted by Crippen LogP contribution is 2.35. The number of carbonyl (C=O) groups excluding carboxylic acids is 1. The average Bonchev–Trinajstić information content (AvgIpc) is 2.79. The molecule has 1 heterocycles. The standard InChI is InChI=1S/C21H24O9/c1-27-15-9-13(11-3-5-12(6-4-11)20(26)28-2)7-8-14(15)29-21-19(25)18(24)17(23)16(10-22)30-21/h3-9,16-19,21-25H,10H2,1-2H3/t16-,17-,18?,19?,21+/m1/s1. The molecule has 5 atom stereocenters. The lowest BCUT2D eigenvalue weighted by atomic mass is 9.99. The summed E-state index contributed by atoms with van der Waals surface area (Å²) in [7, 11) is 2.76. The summed E-state index contributed by atoms with van der Waals surface area (Å²) in [6, 6.07) is 11.9. The number of aliphatic hydroxyl groups is 4. The Kier molecular flexibility index (Phi) is 6.91. The SMILES string of the molecule is COC(=O)c1ccc(-c2ccc(O[C@H]3O[C@H](CO)[C@@H](O)C(O)C3O)c(OC)c2)cc1. The smallest absolute Gasteiger partial charge is 0.337 e. The molecule has 9 nitrogen and oxygen atoms in total. The first-order valence-corrected chi connectivity index (χ1v) is 9.23. The summed E-state index contributed by atoms with van der Waals surface area (Å²) in [5, 5.41) is 39.2. The number of carbonyl (C=O) groups is 1. The van der Waals surface area contributed by atoms with Crippen LogP contribution in [0.25, 0.3) is 11.1 Å². The lowest BCUT2D eigenvalue weighted by Crippen LogP contribution is -2.60. The molecule has 3 rings (SSSR count). The maximum absolute atomic E-state index is 11.6. The van der Waals surface area contributed by atoms with Gasteiger partial charge in [0, 0.05) is 0 Å². The van der Waals surface area contributed by atoms with E-state index in [-0.39, 0.29) is 5.75 Å². The first-order valence-electron chi connectivity index (χ1n) is 9.23. The highest BCUT2D eigenvalue weighted by atomic mass is 16.7. The highest BCUT2D eigenvalue weighted by molar-refractivity contribution is 5.90. The van der Waals surface area contributed by atoms with Crippen LogP contribution in [0.15, 0.2) is 42.5 Å². The highest BCUT2D eigenvalue weighted by Gasteiger charge is 2.44. The number of benzene rings is 2. The minimum absolute atomic E-state index is 0.233. The molecule has 2 aromatic carbocycles. The van der Waals surface area contributed by atoms with Gasteiger partial charge in [0.1, 0.15) is 24.4 Å². The number of esters is 1. The Morgan fingerprint density at radius 2 is 1.60 bits per heavy atom. The van der Waals surface area contributed by atoms with E-state index in [2.05, 4.69) is 4.74 Å². The van der Waals surface area contributed by atoms with Crippen molar-refractivity contribution in [2.75, 3.05) is 20.8 Å². The molecule has 0 spiro atoms. The molecule has 0 amide bonds. The molecule has 0 bridgehead atoms. The third-order valence-electron chi connectivity index (χ3n) is 4.89. The predicted octanol–water partition coefficient (Wildman–Crippen LogP) is 0.327. The maximum atomic E-state index is 11.6. The van der Waals surface area contributed by atoms with Crippen LogP contribution >= 0.6 is 0 Å². The van der Waals surface area contributed by atoms with Crippen molar-refractivity contribution in [1.29, 1.82) is 0 Å². The molecular weight excluding hydrogens is 396 g/mol. The Labute approximate surface area is 173 Å². The second kappa shape index (κ2) is 9.41. The summed E-state index contributed by atoms with van der Waals surface area (Å²) in [6.07, 6.45) is -6.94. The normalized spacial score (nSPS) is 26.1.